The molecule has 1 N–H and O–H groups in total. The quantitative estimate of drug-likeness (QED) is 0.719. The van der Waals surface area contributed by atoms with E-state index in [-0.39, 0.29) is 29.7 Å². The van der Waals surface area contributed by atoms with Crippen molar-refractivity contribution in [2.75, 3.05) is 13.1 Å². The number of fused-ring (bicyclic) bond motifs is 1. The minimum absolute atomic E-state index is 0.0160. The number of nitrogens with zero attached hydrogens (tertiary/aromatic N) is 1. The third-order valence-electron chi connectivity index (χ3n) is 6.20. The Labute approximate surface area is 186 Å². The lowest BCUT2D eigenvalue weighted by molar-refractivity contribution is -0.160. The Bertz CT molecular complexity index is 935. The molecule has 0 unspecified atom stereocenters. The summed E-state index contributed by atoms with van der Waals surface area (Å²) in [5.74, 6) is -0.879. The third kappa shape index (κ3) is 4.98. The lowest BCUT2D eigenvalue weighted by Gasteiger charge is -2.31. The predicted molar refractivity (Wildman–Crippen MR) is 119 cm³/mol. The molecule has 31 heavy (non-hydrogen) atoms. The molecule has 1 aromatic carbocycles. The van der Waals surface area contributed by atoms with Gasteiger partial charge in [0.15, 0.2) is 6.10 Å². The Balaban J connectivity index is 1.26. The van der Waals surface area contributed by atoms with Crippen LogP contribution in [0.15, 0.2) is 41.8 Å². The van der Waals surface area contributed by atoms with E-state index in [1.807, 2.05) is 29.6 Å². The Morgan fingerprint density at radius 1 is 1.10 bits per heavy atom. The van der Waals surface area contributed by atoms with Crippen LogP contribution in [0.3, 0.4) is 0 Å². The highest BCUT2D eigenvalue weighted by Crippen LogP contribution is 2.29. The average Bonchev–Trinajstić information content (AvgIpc) is 3.34. The van der Waals surface area contributed by atoms with E-state index in [1.54, 1.807) is 11.8 Å². The first-order chi connectivity index (χ1) is 15.0. The standard InChI is InChI=1S/C24H28N2O4S/c1-16(22(27)25-20-9-4-7-17-6-2-3-8-19(17)20)30-24(29)18-11-13-26(14-12-18)23(28)21-10-5-15-31-21/h2-3,5-6,8,10,15-16,18,20H,4,7,9,11-14H2,1H3,(H,25,27)/t16-,20-/m0/s1. The van der Waals surface area contributed by atoms with Gasteiger partial charge in [0.25, 0.3) is 11.8 Å². The van der Waals surface area contributed by atoms with Crippen LogP contribution in [0.4, 0.5) is 0 Å². The smallest absolute Gasteiger partial charge is 0.309 e. The number of carbonyl (C=O) groups excluding carboxylic acids is 3. The zero-order chi connectivity index (χ0) is 21.8. The largest absolute Gasteiger partial charge is 0.452 e. The lowest BCUT2D eigenvalue weighted by atomic mass is 9.87. The van der Waals surface area contributed by atoms with E-state index in [0.717, 1.165) is 29.7 Å². The van der Waals surface area contributed by atoms with E-state index in [0.29, 0.717) is 25.9 Å². The van der Waals surface area contributed by atoms with Gasteiger partial charge in [0.2, 0.25) is 0 Å². The van der Waals surface area contributed by atoms with Crippen molar-refractivity contribution < 1.29 is 19.1 Å². The van der Waals surface area contributed by atoms with Crippen molar-refractivity contribution in [2.24, 2.45) is 5.92 Å². The van der Waals surface area contributed by atoms with Gasteiger partial charge in [-0.05, 0) is 61.6 Å². The maximum atomic E-state index is 12.7. The Kier molecular flexibility index (Phi) is 6.70. The van der Waals surface area contributed by atoms with Crippen molar-refractivity contribution in [3.8, 4) is 0 Å². The summed E-state index contributed by atoms with van der Waals surface area (Å²) in [7, 11) is 0. The van der Waals surface area contributed by atoms with Crippen LogP contribution >= 0.6 is 11.3 Å². The molecule has 0 bridgehead atoms. The summed E-state index contributed by atoms with van der Waals surface area (Å²) in [6.07, 6.45) is 3.22. The zero-order valence-electron chi connectivity index (χ0n) is 17.7. The van der Waals surface area contributed by atoms with Gasteiger partial charge in [-0.25, -0.2) is 0 Å². The number of likely N-dealkylation sites (tertiary alicyclic amines) is 1. The maximum absolute atomic E-state index is 12.7. The number of aryl methyl sites for hydroxylation is 1. The molecule has 1 aliphatic carbocycles. The van der Waals surface area contributed by atoms with Gasteiger partial charge in [-0.2, -0.15) is 0 Å². The van der Waals surface area contributed by atoms with Crippen molar-refractivity contribution >= 4 is 29.1 Å². The number of thiophene rings is 1. The van der Waals surface area contributed by atoms with Gasteiger partial charge >= 0.3 is 5.97 Å². The molecule has 0 radical (unpaired) electrons. The van der Waals surface area contributed by atoms with Gasteiger partial charge in [-0.3, -0.25) is 14.4 Å². The summed E-state index contributed by atoms with van der Waals surface area (Å²) >= 11 is 1.43. The molecular weight excluding hydrogens is 412 g/mol. The summed E-state index contributed by atoms with van der Waals surface area (Å²) in [5, 5.41) is 4.94. The summed E-state index contributed by atoms with van der Waals surface area (Å²) < 4.78 is 5.50. The number of rotatable bonds is 5. The van der Waals surface area contributed by atoms with Crippen molar-refractivity contribution in [2.45, 2.75) is 51.2 Å². The Hall–Kier alpha value is -2.67. The summed E-state index contributed by atoms with van der Waals surface area (Å²) in [6, 6.07) is 11.8. The number of esters is 1. The number of piperidine rings is 1. The first kappa shape index (κ1) is 21.6. The Morgan fingerprint density at radius 2 is 1.87 bits per heavy atom. The summed E-state index contributed by atoms with van der Waals surface area (Å²) in [6.45, 7) is 2.67. The normalized spacial score (nSPS) is 19.9. The first-order valence-corrected chi connectivity index (χ1v) is 11.8. The van der Waals surface area contributed by atoms with Crippen LogP contribution in [-0.4, -0.2) is 41.9 Å². The fourth-order valence-electron chi connectivity index (χ4n) is 4.39. The van der Waals surface area contributed by atoms with Crippen LogP contribution in [-0.2, 0) is 20.7 Å². The van der Waals surface area contributed by atoms with Gasteiger partial charge in [-0.1, -0.05) is 30.3 Å². The number of amides is 2. The SMILES string of the molecule is C[C@H](OC(=O)C1CCN(C(=O)c2cccs2)CC1)C(=O)N[C@H]1CCCc2ccccc21. The molecule has 6 nitrogen and oxygen atoms in total. The molecule has 2 aromatic rings. The second-order valence-corrected chi connectivity index (χ2v) is 9.22. The van der Waals surface area contributed by atoms with Crippen LogP contribution in [0.2, 0.25) is 0 Å². The maximum Gasteiger partial charge on any atom is 0.309 e. The van der Waals surface area contributed by atoms with E-state index in [4.69, 9.17) is 4.74 Å². The topological polar surface area (TPSA) is 75.7 Å². The van der Waals surface area contributed by atoms with Gasteiger partial charge < -0.3 is 15.0 Å². The number of hydrogen-bond donors (Lipinski definition) is 1. The Morgan fingerprint density at radius 3 is 2.61 bits per heavy atom. The molecule has 1 fully saturated rings. The molecule has 0 saturated carbocycles. The van der Waals surface area contributed by atoms with Crippen LogP contribution in [0.25, 0.3) is 0 Å². The van der Waals surface area contributed by atoms with Crippen molar-refractivity contribution in [1.29, 1.82) is 0 Å². The molecule has 164 valence electrons. The highest BCUT2D eigenvalue weighted by molar-refractivity contribution is 7.12. The highest BCUT2D eigenvalue weighted by Gasteiger charge is 2.32. The van der Waals surface area contributed by atoms with Crippen LogP contribution in [0.1, 0.15) is 59.4 Å². The van der Waals surface area contributed by atoms with E-state index < -0.39 is 6.10 Å². The number of benzene rings is 1. The molecule has 2 aliphatic rings. The van der Waals surface area contributed by atoms with Crippen molar-refractivity contribution in [1.82, 2.24) is 10.2 Å². The van der Waals surface area contributed by atoms with Gasteiger partial charge in [0.05, 0.1) is 16.8 Å². The molecule has 2 amide bonds. The van der Waals surface area contributed by atoms with E-state index in [1.165, 1.54) is 16.9 Å². The molecule has 2 heterocycles. The molecule has 1 saturated heterocycles. The molecule has 1 aromatic heterocycles. The molecule has 0 spiro atoms. The van der Waals surface area contributed by atoms with E-state index in [2.05, 4.69) is 17.4 Å². The third-order valence-corrected chi connectivity index (χ3v) is 7.05. The number of nitrogens with one attached hydrogen (secondary N) is 1. The highest BCUT2D eigenvalue weighted by atomic mass is 32.1. The second-order valence-electron chi connectivity index (χ2n) is 8.28. The average molecular weight is 441 g/mol. The van der Waals surface area contributed by atoms with Crippen molar-refractivity contribution in [3.63, 3.8) is 0 Å². The predicted octanol–water partition coefficient (Wildman–Crippen LogP) is 3.73. The fraction of sp³-hybridized carbons (Fsp3) is 0.458. The minimum atomic E-state index is -0.840. The van der Waals surface area contributed by atoms with E-state index >= 15 is 0 Å². The number of carbonyl (C=O) groups is 3. The molecule has 2 atom stereocenters. The molecule has 7 heteroatoms. The van der Waals surface area contributed by atoms with Crippen LogP contribution < -0.4 is 5.32 Å². The lowest BCUT2D eigenvalue weighted by Crippen LogP contribution is -2.43. The number of hydrogen-bond acceptors (Lipinski definition) is 5. The number of ether oxygens (including phenoxy) is 1. The van der Waals surface area contributed by atoms with Crippen LogP contribution in [0.5, 0.6) is 0 Å². The second kappa shape index (κ2) is 9.64. The van der Waals surface area contributed by atoms with E-state index in [9.17, 15) is 14.4 Å². The summed E-state index contributed by atoms with van der Waals surface area (Å²) in [5.41, 5.74) is 2.43. The zero-order valence-corrected chi connectivity index (χ0v) is 18.5. The minimum Gasteiger partial charge on any atom is -0.452 e. The van der Waals surface area contributed by atoms with Crippen molar-refractivity contribution in [3.05, 3.63) is 57.8 Å². The molecular formula is C24H28N2O4S. The van der Waals surface area contributed by atoms with Crippen LogP contribution in [0, 0.1) is 5.92 Å². The molecule has 4 rings (SSSR count). The monoisotopic (exact) mass is 440 g/mol. The molecule has 1 aliphatic heterocycles. The van der Waals surface area contributed by atoms with Gasteiger partial charge in [0.1, 0.15) is 0 Å². The van der Waals surface area contributed by atoms with Gasteiger partial charge in [-0.15, -0.1) is 11.3 Å². The fourth-order valence-corrected chi connectivity index (χ4v) is 5.08. The summed E-state index contributed by atoms with van der Waals surface area (Å²) in [4.78, 5) is 40.2. The first-order valence-electron chi connectivity index (χ1n) is 10.9. The van der Waals surface area contributed by atoms with Gasteiger partial charge in [0, 0.05) is 13.1 Å².